The van der Waals surface area contributed by atoms with Gasteiger partial charge >= 0.3 is 0 Å². The fourth-order valence-electron chi connectivity index (χ4n) is 2.66. The minimum atomic E-state index is -3.79. The molecule has 3 aromatic rings. The number of rotatable bonds is 7. The zero-order chi connectivity index (χ0) is 20.1. The fraction of sp³-hybridized carbons (Fsp3) is 0.190. The first kappa shape index (κ1) is 19.7. The van der Waals surface area contributed by atoms with E-state index in [2.05, 4.69) is 39.3 Å². The first-order valence-electron chi connectivity index (χ1n) is 8.80. The second-order valence-corrected chi connectivity index (χ2v) is 8.18. The molecule has 0 aliphatic carbocycles. The normalized spacial score (nSPS) is 11.1. The van der Waals surface area contributed by atoms with Crippen LogP contribution in [0.5, 0.6) is 5.75 Å². The maximum atomic E-state index is 12.7. The van der Waals surface area contributed by atoms with E-state index < -0.39 is 10.0 Å². The van der Waals surface area contributed by atoms with Gasteiger partial charge in [0, 0.05) is 6.54 Å². The van der Waals surface area contributed by atoms with Crippen molar-refractivity contribution in [2.45, 2.75) is 25.3 Å². The van der Waals surface area contributed by atoms with Crippen LogP contribution in [0.1, 0.15) is 16.7 Å². The predicted octanol–water partition coefficient (Wildman–Crippen LogP) is 4.12. The van der Waals surface area contributed by atoms with Crippen LogP contribution >= 0.6 is 0 Å². The van der Waals surface area contributed by atoms with Crippen molar-refractivity contribution in [1.29, 1.82) is 0 Å². The second kappa shape index (κ2) is 8.31. The summed E-state index contributed by atoms with van der Waals surface area (Å²) in [5.74, 6) is 0.958. The summed E-state index contributed by atoms with van der Waals surface area (Å²) in [7, 11) is -2.34. The van der Waals surface area contributed by atoms with E-state index in [0.29, 0.717) is 23.8 Å². The smallest absolute Gasteiger partial charge is 0.265 e. The maximum Gasteiger partial charge on any atom is 0.265 e. The van der Waals surface area contributed by atoms with E-state index in [1.807, 2.05) is 13.8 Å². The van der Waals surface area contributed by atoms with E-state index in [-0.39, 0.29) is 4.90 Å². The van der Waals surface area contributed by atoms with Gasteiger partial charge < -0.3 is 10.1 Å². The lowest BCUT2D eigenvalue weighted by Crippen LogP contribution is -2.14. The third-order valence-corrected chi connectivity index (χ3v) is 5.62. The van der Waals surface area contributed by atoms with Crippen molar-refractivity contribution in [2.75, 3.05) is 17.1 Å². The van der Waals surface area contributed by atoms with Crippen LogP contribution in [0.3, 0.4) is 0 Å². The van der Waals surface area contributed by atoms with E-state index >= 15 is 0 Å². The first-order chi connectivity index (χ1) is 13.4. The molecule has 146 valence electrons. The summed E-state index contributed by atoms with van der Waals surface area (Å²) in [4.78, 5) is 4.37. The van der Waals surface area contributed by atoms with Crippen LogP contribution in [-0.2, 0) is 16.6 Å². The minimum Gasteiger partial charge on any atom is -0.495 e. The molecule has 0 atom stereocenters. The van der Waals surface area contributed by atoms with Crippen molar-refractivity contribution in [2.24, 2.45) is 0 Å². The number of hydrogen-bond acceptors (Lipinski definition) is 5. The van der Waals surface area contributed by atoms with Crippen LogP contribution in [0.2, 0.25) is 0 Å². The van der Waals surface area contributed by atoms with Gasteiger partial charge in [-0.2, -0.15) is 0 Å². The molecule has 0 amide bonds. The third kappa shape index (κ3) is 4.80. The van der Waals surface area contributed by atoms with Crippen LogP contribution in [0.4, 0.5) is 11.5 Å². The van der Waals surface area contributed by atoms with Crippen molar-refractivity contribution in [3.8, 4) is 5.75 Å². The van der Waals surface area contributed by atoms with E-state index in [9.17, 15) is 8.42 Å². The molecule has 3 rings (SSSR count). The quantitative estimate of drug-likeness (QED) is 0.627. The number of methoxy groups -OCH3 is 1. The molecule has 1 heterocycles. The molecule has 0 radical (unpaired) electrons. The van der Waals surface area contributed by atoms with Gasteiger partial charge in [-0.05, 0) is 49.2 Å². The molecule has 0 unspecified atom stereocenters. The molecule has 0 fully saturated rings. The Morgan fingerprint density at radius 1 is 0.964 bits per heavy atom. The van der Waals surface area contributed by atoms with Gasteiger partial charge in [-0.1, -0.05) is 35.9 Å². The Morgan fingerprint density at radius 2 is 1.68 bits per heavy atom. The van der Waals surface area contributed by atoms with Gasteiger partial charge in [-0.15, -0.1) is 0 Å². The molecule has 0 bridgehead atoms. The molecule has 0 saturated heterocycles. The molecule has 0 saturated carbocycles. The number of ether oxygens (including phenoxy) is 1. The Morgan fingerprint density at radius 3 is 2.32 bits per heavy atom. The number of aromatic nitrogens is 1. The van der Waals surface area contributed by atoms with Crippen molar-refractivity contribution >= 4 is 21.5 Å². The molecule has 2 aromatic carbocycles. The summed E-state index contributed by atoms with van der Waals surface area (Å²) in [6.07, 6.45) is 1.48. The zero-order valence-corrected chi connectivity index (χ0v) is 16.9. The number of hydrogen-bond donors (Lipinski definition) is 2. The van der Waals surface area contributed by atoms with Crippen molar-refractivity contribution < 1.29 is 13.2 Å². The van der Waals surface area contributed by atoms with Gasteiger partial charge in [-0.3, -0.25) is 4.72 Å². The van der Waals surface area contributed by atoms with Crippen molar-refractivity contribution in [3.05, 3.63) is 77.5 Å². The molecule has 0 aliphatic rings. The highest BCUT2D eigenvalue weighted by Crippen LogP contribution is 2.26. The van der Waals surface area contributed by atoms with Crippen molar-refractivity contribution in [1.82, 2.24) is 4.98 Å². The van der Waals surface area contributed by atoms with E-state index in [1.54, 1.807) is 30.3 Å². The Balaban J connectivity index is 1.69. The second-order valence-electron chi connectivity index (χ2n) is 6.53. The summed E-state index contributed by atoms with van der Waals surface area (Å²) in [5, 5.41) is 3.22. The molecule has 0 aliphatic heterocycles. The average molecular weight is 398 g/mol. The Kier molecular flexibility index (Phi) is 5.84. The third-order valence-electron chi connectivity index (χ3n) is 4.22. The van der Waals surface area contributed by atoms with Crippen LogP contribution in [-0.4, -0.2) is 20.5 Å². The molecular weight excluding hydrogens is 374 g/mol. The highest BCUT2D eigenvalue weighted by Gasteiger charge is 2.20. The Bertz CT molecular complexity index is 1050. The van der Waals surface area contributed by atoms with Gasteiger partial charge in [0.15, 0.2) is 0 Å². The Hall–Kier alpha value is -3.06. The number of sulfonamides is 1. The van der Waals surface area contributed by atoms with Crippen molar-refractivity contribution in [3.63, 3.8) is 0 Å². The van der Waals surface area contributed by atoms with Crippen LogP contribution in [0.25, 0.3) is 0 Å². The highest BCUT2D eigenvalue weighted by atomic mass is 32.2. The lowest BCUT2D eigenvalue weighted by Gasteiger charge is -2.12. The summed E-state index contributed by atoms with van der Waals surface area (Å²) in [6, 6.07) is 16.6. The summed E-state index contributed by atoms with van der Waals surface area (Å²) < 4.78 is 33.2. The minimum absolute atomic E-state index is 0.0940. The number of anilines is 2. The Labute approximate surface area is 165 Å². The lowest BCUT2D eigenvalue weighted by molar-refractivity contribution is 0.402. The van der Waals surface area contributed by atoms with Gasteiger partial charge in [0.25, 0.3) is 10.0 Å². The number of nitrogens with one attached hydrogen (secondary N) is 2. The maximum absolute atomic E-state index is 12.7. The molecule has 1 aromatic heterocycles. The molecular formula is C21H23N3O3S. The number of nitrogens with zero attached hydrogens (tertiary/aromatic N) is 1. The standard InChI is InChI=1S/C21H23N3O3S/c1-15-4-7-17(8-5-15)13-22-21-11-9-18(14-23-21)24-28(25,26)20-12-16(2)6-10-19(20)27-3/h4-12,14,24H,13H2,1-3H3,(H,22,23). The SMILES string of the molecule is COc1ccc(C)cc1S(=O)(=O)Nc1ccc(NCc2ccc(C)cc2)nc1. The molecule has 0 spiro atoms. The molecule has 6 nitrogen and oxygen atoms in total. The van der Waals surface area contributed by atoms with Gasteiger partial charge in [-0.25, -0.2) is 13.4 Å². The average Bonchev–Trinajstić information content (AvgIpc) is 2.68. The largest absolute Gasteiger partial charge is 0.495 e. The molecule has 2 N–H and O–H groups in total. The van der Waals surface area contributed by atoms with Gasteiger partial charge in [0.2, 0.25) is 0 Å². The van der Waals surface area contributed by atoms with E-state index in [0.717, 1.165) is 11.1 Å². The lowest BCUT2D eigenvalue weighted by atomic mass is 10.1. The van der Waals surface area contributed by atoms with Crippen LogP contribution < -0.4 is 14.8 Å². The van der Waals surface area contributed by atoms with Crippen LogP contribution in [0.15, 0.2) is 65.7 Å². The number of pyridine rings is 1. The fourth-order valence-corrected chi connectivity index (χ4v) is 3.96. The van der Waals surface area contributed by atoms with Gasteiger partial charge in [0.05, 0.1) is 19.0 Å². The summed E-state index contributed by atoms with van der Waals surface area (Å²) >= 11 is 0. The molecule has 28 heavy (non-hydrogen) atoms. The number of aryl methyl sites for hydroxylation is 2. The first-order valence-corrected chi connectivity index (χ1v) is 10.3. The number of benzene rings is 2. The predicted molar refractivity (Wildman–Crippen MR) is 111 cm³/mol. The topological polar surface area (TPSA) is 80.3 Å². The zero-order valence-electron chi connectivity index (χ0n) is 16.1. The van der Waals surface area contributed by atoms with Crippen LogP contribution in [0, 0.1) is 13.8 Å². The van der Waals surface area contributed by atoms with E-state index in [4.69, 9.17) is 4.74 Å². The van der Waals surface area contributed by atoms with Gasteiger partial charge in [0.1, 0.15) is 16.5 Å². The summed E-state index contributed by atoms with van der Waals surface area (Å²) in [5.41, 5.74) is 3.56. The summed E-state index contributed by atoms with van der Waals surface area (Å²) in [6.45, 7) is 4.51. The monoisotopic (exact) mass is 397 g/mol. The van der Waals surface area contributed by atoms with E-state index in [1.165, 1.54) is 18.9 Å². The highest BCUT2D eigenvalue weighted by molar-refractivity contribution is 7.92. The molecule has 7 heteroatoms.